The number of esters is 1. The van der Waals surface area contributed by atoms with Crippen molar-refractivity contribution >= 4 is 11.9 Å². The third-order valence-electron chi connectivity index (χ3n) is 9.25. The van der Waals surface area contributed by atoms with E-state index in [4.69, 9.17) is 14.2 Å². The summed E-state index contributed by atoms with van der Waals surface area (Å²) in [5.74, 6) is -0.0517. The predicted molar refractivity (Wildman–Crippen MR) is 139 cm³/mol. The number of phenols is 1. The molecule has 2 aromatic carbocycles. The van der Waals surface area contributed by atoms with Gasteiger partial charge in [-0.25, -0.2) is 0 Å². The van der Waals surface area contributed by atoms with Crippen LogP contribution in [0.1, 0.15) is 36.0 Å². The maximum atomic E-state index is 12.6. The molecule has 1 amide bonds. The second-order valence-electron chi connectivity index (χ2n) is 11.0. The number of hydrogen-bond acceptors (Lipinski definition) is 8. The van der Waals surface area contributed by atoms with Crippen LogP contribution in [0.15, 0.2) is 42.5 Å². The topological polar surface area (TPSA) is 109 Å². The molecule has 2 aliphatic carbocycles. The number of ether oxygens (including phenoxy) is 3. The minimum Gasteiger partial charge on any atom is -0.504 e. The Morgan fingerprint density at radius 2 is 1.97 bits per heavy atom. The van der Waals surface area contributed by atoms with E-state index in [0.29, 0.717) is 5.75 Å². The highest BCUT2D eigenvalue weighted by Crippen LogP contribution is 2.66. The van der Waals surface area contributed by atoms with E-state index in [1.807, 2.05) is 36.4 Å². The third kappa shape index (κ3) is 3.71. The number of carbonyl (C=O) groups excluding carboxylic acids is 2. The van der Waals surface area contributed by atoms with Gasteiger partial charge < -0.3 is 34.9 Å². The smallest absolute Gasteiger partial charge is 0.325 e. The Balaban J connectivity index is 1.14. The molecule has 4 aliphatic rings. The number of likely N-dealkylation sites (tertiary alicyclic amines) is 1. The van der Waals surface area contributed by atoms with Gasteiger partial charge in [-0.15, -0.1) is 0 Å². The van der Waals surface area contributed by atoms with Crippen molar-refractivity contribution in [3.05, 3.63) is 59.2 Å². The van der Waals surface area contributed by atoms with Gasteiger partial charge in [0, 0.05) is 24.8 Å². The lowest BCUT2D eigenvalue weighted by molar-refractivity contribution is -0.203. The van der Waals surface area contributed by atoms with Crippen molar-refractivity contribution in [3.8, 4) is 11.5 Å². The average molecular weight is 522 g/mol. The van der Waals surface area contributed by atoms with E-state index in [1.54, 1.807) is 13.2 Å². The molecule has 1 spiro atoms. The highest BCUT2D eigenvalue weighted by atomic mass is 16.5. The summed E-state index contributed by atoms with van der Waals surface area (Å²) in [6.45, 7) is 0.933. The van der Waals surface area contributed by atoms with Gasteiger partial charge in [-0.05, 0) is 56.5 Å². The number of nitrogens with zero attached hydrogens (tertiary/aromatic N) is 1. The first-order chi connectivity index (χ1) is 18.4. The Kier molecular flexibility index (Phi) is 6.32. The van der Waals surface area contributed by atoms with Gasteiger partial charge in [0.05, 0.1) is 17.6 Å². The van der Waals surface area contributed by atoms with Gasteiger partial charge in [0.1, 0.15) is 19.3 Å². The van der Waals surface area contributed by atoms with Gasteiger partial charge in [0.15, 0.2) is 11.5 Å². The lowest BCUT2D eigenvalue weighted by Gasteiger charge is -2.65. The van der Waals surface area contributed by atoms with E-state index in [1.165, 1.54) is 5.56 Å². The number of aromatic hydroxyl groups is 1. The molecule has 38 heavy (non-hydrogen) atoms. The maximum Gasteiger partial charge on any atom is 0.325 e. The molecule has 2 aromatic rings. The molecular weight excluding hydrogens is 486 g/mol. The molecule has 0 aromatic heterocycles. The Morgan fingerprint density at radius 1 is 1.16 bits per heavy atom. The van der Waals surface area contributed by atoms with E-state index in [2.05, 4.69) is 22.6 Å². The lowest BCUT2D eigenvalue weighted by atomic mass is 9.48. The fourth-order valence-electron chi connectivity index (χ4n) is 7.59. The Hall–Kier alpha value is -3.14. The zero-order valence-electron chi connectivity index (χ0n) is 21.9. The van der Waals surface area contributed by atoms with E-state index >= 15 is 0 Å². The molecule has 2 aliphatic heterocycles. The van der Waals surface area contributed by atoms with E-state index in [-0.39, 0.29) is 49.5 Å². The molecule has 3 N–H and O–H groups in total. The summed E-state index contributed by atoms with van der Waals surface area (Å²) >= 11 is 0. The Morgan fingerprint density at radius 3 is 2.76 bits per heavy atom. The zero-order chi connectivity index (χ0) is 26.5. The minimum atomic E-state index is -0.485. The second kappa shape index (κ2) is 9.55. The first kappa shape index (κ1) is 25.2. The van der Waals surface area contributed by atoms with Crippen LogP contribution in [0.4, 0.5) is 0 Å². The van der Waals surface area contributed by atoms with Crippen molar-refractivity contribution in [2.75, 3.05) is 33.8 Å². The highest BCUT2D eigenvalue weighted by Gasteiger charge is 2.73. The SMILES string of the molecule is CO[C@@]12CC[C@H](NCC(=O)NCC(=O)OCc3ccccc3)[C@@H]3Oc4c(O)ccc5c4[C@@]31CCN(C)[C@@H]2C5. The van der Waals surface area contributed by atoms with Crippen molar-refractivity contribution in [2.24, 2.45) is 0 Å². The molecule has 1 saturated carbocycles. The summed E-state index contributed by atoms with van der Waals surface area (Å²) < 4.78 is 18.3. The van der Waals surface area contributed by atoms with E-state index < -0.39 is 17.0 Å². The molecule has 2 heterocycles. The molecule has 9 nitrogen and oxygen atoms in total. The standard InChI is InChI=1S/C29H35N3O6/c1-32-13-12-28-25-19-8-9-21(33)26(25)38-27(28)20(10-11-29(28,36-2)22(32)14-19)30-15-23(34)31-16-24(35)37-17-18-6-4-3-5-7-18/h3-9,20,22,27,30,33H,10-17H2,1-2H3,(H,31,34)/t20-,22+,27-,28-,29+/m0/s1. The van der Waals surface area contributed by atoms with Gasteiger partial charge >= 0.3 is 5.97 Å². The summed E-state index contributed by atoms with van der Waals surface area (Å²) in [5, 5.41) is 16.8. The van der Waals surface area contributed by atoms with Gasteiger partial charge in [-0.2, -0.15) is 0 Å². The minimum absolute atomic E-state index is 0.0467. The monoisotopic (exact) mass is 521 g/mol. The largest absolute Gasteiger partial charge is 0.504 e. The molecule has 1 saturated heterocycles. The van der Waals surface area contributed by atoms with Gasteiger partial charge in [-0.3, -0.25) is 9.59 Å². The number of likely N-dealkylation sites (N-methyl/N-ethyl adjacent to an activating group) is 1. The zero-order valence-corrected chi connectivity index (χ0v) is 21.9. The molecule has 6 rings (SSSR count). The van der Waals surface area contributed by atoms with Crippen LogP contribution < -0.4 is 15.4 Å². The predicted octanol–water partition coefficient (Wildman–Crippen LogP) is 1.65. The number of methoxy groups -OCH3 is 1. The number of nitrogens with one attached hydrogen (secondary N) is 2. The highest BCUT2D eigenvalue weighted by molar-refractivity contribution is 5.83. The van der Waals surface area contributed by atoms with Crippen LogP contribution >= 0.6 is 0 Å². The van der Waals surface area contributed by atoms with Crippen LogP contribution in [0.5, 0.6) is 11.5 Å². The molecule has 0 radical (unpaired) electrons. The van der Waals surface area contributed by atoms with Gasteiger partial charge in [0.25, 0.3) is 0 Å². The van der Waals surface area contributed by atoms with E-state index in [9.17, 15) is 14.7 Å². The second-order valence-corrected chi connectivity index (χ2v) is 11.0. The van der Waals surface area contributed by atoms with Crippen molar-refractivity contribution in [2.45, 2.75) is 61.5 Å². The van der Waals surface area contributed by atoms with Crippen LogP contribution in [-0.4, -0.2) is 79.5 Å². The van der Waals surface area contributed by atoms with Gasteiger partial charge in [-0.1, -0.05) is 36.4 Å². The van der Waals surface area contributed by atoms with Crippen LogP contribution in [-0.2, 0) is 37.5 Å². The summed E-state index contributed by atoms with van der Waals surface area (Å²) in [4.78, 5) is 27.1. The Labute approximate surface area is 222 Å². The molecule has 0 unspecified atom stereocenters. The molecule has 9 heteroatoms. The quantitative estimate of drug-likeness (QED) is 0.450. The Bertz CT molecular complexity index is 1240. The van der Waals surface area contributed by atoms with Crippen LogP contribution in [0, 0.1) is 0 Å². The van der Waals surface area contributed by atoms with Crippen molar-refractivity contribution in [1.29, 1.82) is 0 Å². The number of benzene rings is 2. The van der Waals surface area contributed by atoms with Gasteiger partial charge in [0.2, 0.25) is 5.91 Å². The molecule has 2 bridgehead atoms. The summed E-state index contributed by atoms with van der Waals surface area (Å²) in [6.07, 6.45) is 3.00. The first-order valence-electron chi connectivity index (χ1n) is 13.4. The van der Waals surface area contributed by atoms with Crippen LogP contribution in [0.3, 0.4) is 0 Å². The number of carbonyl (C=O) groups is 2. The fourth-order valence-corrected chi connectivity index (χ4v) is 7.59. The molecule has 202 valence electrons. The van der Waals surface area contributed by atoms with Crippen molar-refractivity contribution in [1.82, 2.24) is 15.5 Å². The summed E-state index contributed by atoms with van der Waals surface area (Å²) in [5.41, 5.74) is 2.35. The van der Waals surface area contributed by atoms with Crippen LogP contribution in [0.2, 0.25) is 0 Å². The third-order valence-corrected chi connectivity index (χ3v) is 9.25. The fraction of sp³-hybridized carbons (Fsp3) is 0.517. The molecule has 2 fully saturated rings. The van der Waals surface area contributed by atoms with Crippen LogP contribution in [0.25, 0.3) is 0 Å². The number of phenolic OH excluding ortho intramolecular Hbond substituents is 1. The molecule has 5 atom stereocenters. The summed E-state index contributed by atoms with van der Waals surface area (Å²) in [7, 11) is 3.96. The van der Waals surface area contributed by atoms with Crippen molar-refractivity contribution < 1.29 is 28.9 Å². The lowest BCUT2D eigenvalue weighted by Crippen LogP contribution is -2.78. The molecular formula is C29H35N3O6. The average Bonchev–Trinajstić information content (AvgIpc) is 3.30. The number of piperidine rings is 1. The normalized spacial score (nSPS) is 30.7. The van der Waals surface area contributed by atoms with E-state index in [0.717, 1.165) is 43.4 Å². The van der Waals surface area contributed by atoms with Crippen molar-refractivity contribution in [3.63, 3.8) is 0 Å². The number of rotatable bonds is 8. The summed E-state index contributed by atoms with van der Waals surface area (Å²) in [6, 6.07) is 13.3. The number of amides is 1. The maximum absolute atomic E-state index is 12.6. The number of hydrogen-bond donors (Lipinski definition) is 3. The first-order valence-corrected chi connectivity index (χ1v) is 13.4.